The normalized spacial score (nSPS) is 18.5. The van der Waals surface area contributed by atoms with Gasteiger partial charge in [-0.2, -0.15) is 0 Å². The molecule has 2 amide bonds. The van der Waals surface area contributed by atoms with Gasteiger partial charge in [-0.05, 0) is 50.5 Å². The maximum atomic E-state index is 12.1. The van der Waals surface area contributed by atoms with Crippen molar-refractivity contribution >= 4 is 17.5 Å². The Morgan fingerprint density at radius 1 is 1.25 bits per heavy atom. The van der Waals surface area contributed by atoms with E-state index in [1.54, 1.807) is 36.3 Å². The number of hydrogen-bond acceptors (Lipinski definition) is 3. The lowest BCUT2D eigenvalue weighted by Crippen LogP contribution is -2.47. The number of methoxy groups -OCH3 is 1. The number of anilines is 1. The van der Waals surface area contributed by atoms with Gasteiger partial charge in [-0.3, -0.25) is 9.59 Å². The van der Waals surface area contributed by atoms with Crippen LogP contribution in [0.2, 0.25) is 0 Å². The van der Waals surface area contributed by atoms with Crippen LogP contribution >= 0.6 is 0 Å². The highest BCUT2D eigenvalue weighted by atomic mass is 16.5. The Morgan fingerprint density at radius 2 is 1.95 bits per heavy atom. The summed E-state index contributed by atoms with van der Waals surface area (Å²) in [5, 5.41) is 2.63. The summed E-state index contributed by atoms with van der Waals surface area (Å²) < 4.78 is 5.04. The second kappa shape index (κ2) is 6.41. The van der Waals surface area contributed by atoms with Gasteiger partial charge in [-0.25, -0.2) is 0 Å². The second-order valence-corrected chi connectivity index (χ2v) is 5.03. The lowest BCUT2D eigenvalue weighted by atomic mass is 10.0. The molecule has 1 aromatic rings. The number of nitrogens with one attached hydrogen (secondary N) is 1. The topological polar surface area (TPSA) is 58.6 Å². The SMILES string of the molecule is COc1ccc(NC(=O)C(=O)N2CCCCC2C)cc1. The Morgan fingerprint density at radius 3 is 2.55 bits per heavy atom. The Labute approximate surface area is 118 Å². The summed E-state index contributed by atoms with van der Waals surface area (Å²) in [5.41, 5.74) is 0.591. The van der Waals surface area contributed by atoms with Crippen molar-refractivity contribution in [1.29, 1.82) is 0 Å². The molecule has 1 unspecified atom stereocenters. The van der Waals surface area contributed by atoms with Crippen molar-refractivity contribution < 1.29 is 14.3 Å². The Balaban J connectivity index is 1.97. The minimum atomic E-state index is -0.580. The number of likely N-dealkylation sites (tertiary alicyclic amines) is 1. The summed E-state index contributed by atoms with van der Waals surface area (Å²) in [6.45, 7) is 2.65. The smallest absolute Gasteiger partial charge is 0.313 e. The third-order valence-corrected chi connectivity index (χ3v) is 3.61. The number of piperidine rings is 1. The van der Waals surface area contributed by atoms with Crippen molar-refractivity contribution in [3.8, 4) is 5.75 Å². The van der Waals surface area contributed by atoms with Gasteiger partial charge in [0.1, 0.15) is 5.75 Å². The van der Waals surface area contributed by atoms with Crippen LogP contribution in [0.1, 0.15) is 26.2 Å². The van der Waals surface area contributed by atoms with E-state index in [1.165, 1.54) is 0 Å². The van der Waals surface area contributed by atoms with Crippen LogP contribution in [-0.2, 0) is 9.59 Å². The molecule has 1 aromatic carbocycles. The van der Waals surface area contributed by atoms with Crippen molar-refractivity contribution in [3.63, 3.8) is 0 Å². The predicted molar refractivity (Wildman–Crippen MR) is 76.6 cm³/mol. The maximum absolute atomic E-state index is 12.1. The van der Waals surface area contributed by atoms with Crippen molar-refractivity contribution in [2.45, 2.75) is 32.2 Å². The highest BCUT2D eigenvalue weighted by Gasteiger charge is 2.28. The monoisotopic (exact) mass is 276 g/mol. The van der Waals surface area contributed by atoms with Gasteiger partial charge in [0.2, 0.25) is 0 Å². The molecular formula is C15H20N2O3. The minimum Gasteiger partial charge on any atom is -0.497 e. The van der Waals surface area contributed by atoms with E-state index in [-0.39, 0.29) is 6.04 Å². The zero-order chi connectivity index (χ0) is 14.5. The van der Waals surface area contributed by atoms with E-state index < -0.39 is 11.8 Å². The quantitative estimate of drug-likeness (QED) is 0.841. The van der Waals surface area contributed by atoms with Crippen LogP contribution in [0, 0.1) is 0 Å². The molecular weight excluding hydrogens is 256 g/mol. The van der Waals surface area contributed by atoms with E-state index in [0.717, 1.165) is 19.3 Å². The molecule has 108 valence electrons. The van der Waals surface area contributed by atoms with Crippen LogP contribution < -0.4 is 10.1 Å². The molecule has 1 saturated heterocycles. The van der Waals surface area contributed by atoms with Crippen LogP contribution in [0.4, 0.5) is 5.69 Å². The molecule has 0 saturated carbocycles. The fourth-order valence-electron chi connectivity index (χ4n) is 2.39. The molecule has 2 rings (SSSR count). The highest BCUT2D eigenvalue weighted by Crippen LogP contribution is 2.18. The number of ether oxygens (including phenoxy) is 1. The van der Waals surface area contributed by atoms with Crippen molar-refractivity contribution in [2.75, 3.05) is 19.0 Å². The fraction of sp³-hybridized carbons (Fsp3) is 0.467. The van der Waals surface area contributed by atoms with Gasteiger partial charge >= 0.3 is 11.8 Å². The summed E-state index contributed by atoms with van der Waals surface area (Å²) >= 11 is 0. The first-order valence-corrected chi connectivity index (χ1v) is 6.88. The standard InChI is InChI=1S/C15H20N2O3/c1-11-5-3-4-10-17(11)15(19)14(18)16-12-6-8-13(20-2)9-7-12/h6-9,11H,3-5,10H2,1-2H3,(H,16,18). The minimum absolute atomic E-state index is 0.137. The molecule has 20 heavy (non-hydrogen) atoms. The molecule has 1 atom stereocenters. The number of nitrogens with zero attached hydrogens (tertiary/aromatic N) is 1. The molecule has 1 aliphatic rings. The van der Waals surface area contributed by atoms with Crippen molar-refractivity contribution in [2.24, 2.45) is 0 Å². The molecule has 0 radical (unpaired) electrons. The Kier molecular flexibility index (Phi) is 4.61. The first-order valence-electron chi connectivity index (χ1n) is 6.88. The molecule has 1 heterocycles. The van der Waals surface area contributed by atoms with E-state index in [9.17, 15) is 9.59 Å². The molecule has 1 N–H and O–H groups in total. The predicted octanol–water partition coefficient (Wildman–Crippen LogP) is 2.03. The van der Waals surface area contributed by atoms with Gasteiger partial charge in [-0.15, -0.1) is 0 Å². The Hall–Kier alpha value is -2.04. The van der Waals surface area contributed by atoms with Gasteiger partial charge in [0.15, 0.2) is 0 Å². The summed E-state index contributed by atoms with van der Waals surface area (Å²) in [6.07, 6.45) is 3.04. The summed E-state index contributed by atoms with van der Waals surface area (Å²) in [7, 11) is 1.58. The molecule has 1 aliphatic heterocycles. The average molecular weight is 276 g/mol. The van der Waals surface area contributed by atoms with Gasteiger partial charge in [-0.1, -0.05) is 0 Å². The van der Waals surface area contributed by atoms with Gasteiger partial charge in [0, 0.05) is 18.3 Å². The van der Waals surface area contributed by atoms with Crippen LogP contribution in [0.25, 0.3) is 0 Å². The van der Waals surface area contributed by atoms with E-state index in [2.05, 4.69) is 5.32 Å². The summed E-state index contributed by atoms with van der Waals surface area (Å²) in [4.78, 5) is 25.8. The average Bonchev–Trinajstić information content (AvgIpc) is 2.48. The maximum Gasteiger partial charge on any atom is 0.313 e. The number of benzene rings is 1. The lowest BCUT2D eigenvalue weighted by Gasteiger charge is -2.32. The van der Waals surface area contributed by atoms with Crippen LogP contribution in [-0.4, -0.2) is 36.4 Å². The molecule has 1 fully saturated rings. The zero-order valence-electron chi connectivity index (χ0n) is 11.9. The number of carbonyl (C=O) groups is 2. The van der Waals surface area contributed by atoms with E-state index >= 15 is 0 Å². The summed E-state index contributed by atoms with van der Waals surface area (Å²) in [5.74, 6) is -0.323. The first kappa shape index (κ1) is 14.4. The van der Waals surface area contributed by atoms with Gasteiger partial charge < -0.3 is 15.0 Å². The van der Waals surface area contributed by atoms with Crippen molar-refractivity contribution in [3.05, 3.63) is 24.3 Å². The second-order valence-electron chi connectivity index (χ2n) is 5.03. The molecule has 0 aromatic heterocycles. The van der Waals surface area contributed by atoms with E-state index in [4.69, 9.17) is 4.74 Å². The molecule has 5 heteroatoms. The number of rotatable bonds is 2. The number of hydrogen-bond donors (Lipinski definition) is 1. The lowest BCUT2D eigenvalue weighted by molar-refractivity contribution is -0.145. The van der Waals surface area contributed by atoms with Gasteiger partial charge in [0.25, 0.3) is 0 Å². The highest BCUT2D eigenvalue weighted by molar-refractivity contribution is 6.39. The Bertz CT molecular complexity index is 484. The fourth-order valence-corrected chi connectivity index (χ4v) is 2.39. The van der Waals surface area contributed by atoms with Crippen molar-refractivity contribution in [1.82, 2.24) is 4.90 Å². The van der Waals surface area contributed by atoms with Crippen LogP contribution in [0.15, 0.2) is 24.3 Å². The number of carbonyl (C=O) groups excluding carboxylic acids is 2. The van der Waals surface area contributed by atoms with Crippen LogP contribution in [0.3, 0.4) is 0 Å². The third-order valence-electron chi connectivity index (χ3n) is 3.61. The van der Waals surface area contributed by atoms with E-state index in [1.807, 2.05) is 6.92 Å². The molecule has 0 spiro atoms. The largest absolute Gasteiger partial charge is 0.497 e. The van der Waals surface area contributed by atoms with Gasteiger partial charge in [0.05, 0.1) is 7.11 Å². The van der Waals surface area contributed by atoms with E-state index in [0.29, 0.717) is 18.0 Å². The molecule has 0 bridgehead atoms. The number of amides is 2. The van der Waals surface area contributed by atoms with Crippen LogP contribution in [0.5, 0.6) is 5.75 Å². The molecule has 0 aliphatic carbocycles. The molecule has 5 nitrogen and oxygen atoms in total. The third kappa shape index (κ3) is 3.29. The zero-order valence-corrected chi connectivity index (χ0v) is 11.9. The first-order chi connectivity index (χ1) is 9.61. The summed E-state index contributed by atoms with van der Waals surface area (Å²) in [6, 6.07) is 7.04.